The second-order valence-corrected chi connectivity index (χ2v) is 11.9. The van der Waals surface area contributed by atoms with Gasteiger partial charge in [-0.05, 0) is 77.4 Å². The third-order valence-electron chi connectivity index (χ3n) is 4.35. The van der Waals surface area contributed by atoms with Crippen LogP contribution in [0.5, 0.6) is 0 Å². The number of guanidine groups is 1. The normalized spacial score (nSPS) is 12.9. The molecule has 0 aliphatic carbocycles. The Bertz CT molecular complexity index is 1310. The standard InChI is InChI=1S/C25H31F3N4O6S/c1-23(2,3)37-21(33)30-20(31-22(34)38-24(4,5)6)29-15-16-10-12-18(13-11-16)32-39(35,36)19-9-7-8-17(14-19)25(26,27)28/h7-14,32H,15H2,1-6H3,(H2,29,30,31,33,34). The second-order valence-electron chi connectivity index (χ2n) is 10.2. The van der Waals surface area contributed by atoms with E-state index >= 15 is 0 Å². The summed E-state index contributed by atoms with van der Waals surface area (Å²) in [6, 6.07) is 9.23. The van der Waals surface area contributed by atoms with Gasteiger partial charge in [0.1, 0.15) is 11.2 Å². The van der Waals surface area contributed by atoms with Crippen molar-refractivity contribution in [3.63, 3.8) is 0 Å². The maximum absolute atomic E-state index is 13.0. The summed E-state index contributed by atoms with van der Waals surface area (Å²) in [5.74, 6) is -0.243. The molecule has 39 heavy (non-hydrogen) atoms. The minimum Gasteiger partial charge on any atom is -0.444 e. The van der Waals surface area contributed by atoms with E-state index in [2.05, 4.69) is 20.3 Å². The molecule has 0 spiro atoms. The number of anilines is 1. The first-order chi connectivity index (χ1) is 17.7. The number of nitrogens with one attached hydrogen (secondary N) is 3. The lowest BCUT2D eigenvalue weighted by molar-refractivity contribution is -0.137. The van der Waals surface area contributed by atoms with Crippen LogP contribution in [0.15, 0.2) is 58.4 Å². The average molecular weight is 573 g/mol. The van der Waals surface area contributed by atoms with Gasteiger partial charge in [-0.2, -0.15) is 13.2 Å². The fraction of sp³-hybridized carbons (Fsp3) is 0.400. The van der Waals surface area contributed by atoms with Gasteiger partial charge < -0.3 is 14.8 Å². The van der Waals surface area contributed by atoms with Crippen LogP contribution in [0.3, 0.4) is 0 Å². The van der Waals surface area contributed by atoms with Gasteiger partial charge in [-0.15, -0.1) is 4.99 Å². The number of amides is 2. The molecule has 214 valence electrons. The SMILES string of the molecule is CC(C)(C)OC(=O)/N=C(\NCc1ccc(NS(=O)(=O)c2cccc(C(F)(F)F)c2)cc1)NC(=O)OC(C)(C)C. The molecule has 0 fully saturated rings. The Morgan fingerprint density at radius 2 is 1.49 bits per heavy atom. The van der Waals surface area contributed by atoms with Gasteiger partial charge in [-0.3, -0.25) is 10.0 Å². The van der Waals surface area contributed by atoms with Crippen LogP contribution in [-0.2, 0) is 32.2 Å². The lowest BCUT2D eigenvalue weighted by Gasteiger charge is -2.21. The number of alkyl halides is 3. The van der Waals surface area contributed by atoms with E-state index in [0.717, 1.165) is 18.2 Å². The van der Waals surface area contributed by atoms with Crippen molar-refractivity contribution in [2.75, 3.05) is 4.72 Å². The van der Waals surface area contributed by atoms with Gasteiger partial charge in [0.2, 0.25) is 5.96 Å². The number of nitrogens with zero attached hydrogens (tertiary/aromatic N) is 1. The zero-order chi connectivity index (χ0) is 29.6. The number of halogens is 3. The number of sulfonamides is 1. The second kappa shape index (κ2) is 11.9. The van der Waals surface area contributed by atoms with E-state index in [1.165, 1.54) is 24.3 Å². The molecule has 0 heterocycles. The zero-order valence-electron chi connectivity index (χ0n) is 22.3. The number of benzene rings is 2. The first-order valence-electron chi connectivity index (χ1n) is 11.6. The molecular formula is C25H31F3N4O6S. The van der Waals surface area contributed by atoms with Crippen LogP contribution in [0.25, 0.3) is 0 Å². The lowest BCUT2D eigenvalue weighted by Crippen LogP contribution is -2.44. The number of ether oxygens (including phenoxy) is 2. The Kier molecular flexibility index (Phi) is 9.61. The number of carbonyl (C=O) groups excluding carboxylic acids is 2. The highest BCUT2D eigenvalue weighted by atomic mass is 32.2. The Hall–Kier alpha value is -3.81. The maximum Gasteiger partial charge on any atom is 0.437 e. The summed E-state index contributed by atoms with van der Waals surface area (Å²) in [6.07, 6.45) is -6.51. The van der Waals surface area contributed by atoms with E-state index in [4.69, 9.17) is 9.47 Å². The summed E-state index contributed by atoms with van der Waals surface area (Å²) in [7, 11) is -4.29. The zero-order valence-corrected chi connectivity index (χ0v) is 23.1. The van der Waals surface area contributed by atoms with E-state index < -0.39 is 50.0 Å². The third-order valence-corrected chi connectivity index (χ3v) is 5.73. The Morgan fingerprint density at radius 3 is 2.03 bits per heavy atom. The predicted molar refractivity (Wildman–Crippen MR) is 139 cm³/mol. The largest absolute Gasteiger partial charge is 0.444 e. The van der Waals surface area contributed by atoms with Crippen molar-refractivity contribution in [3.05, 3.63) is 59.7 Å². The maximum atomic E-state index is 13.0. The van der Waals surface area contributed by atoms with Crippen molar-refractivity contribution in [1.82, 2.24) is 10.6 Å². The first kappa shape index (κ1) is 31.4. The minimum absolute atomic E-state index is 0.0398. The summed E-state index contributed by atoms with van der Waals surface area (Å²) in [6.45, 7) is 9.97. The molecular weight excluding hydrogens is 541 g/mol. The molecule has 0 aliphatic rings. The molecule has 0 saturated heterocycles. The van der Waals surface area contributed by atoms with Crippen molar-refractivity contribution in [2.24, 2.45) is 4.99 Å². The summed E-state index contributed by atoms with van der Waals surface area (Å²) >= 11 is 0. The summed E-state index contributed by atoms with van der Waals surface area (Å²) < 4.78 is 76.6. The highest BCUT2D eigenvalue weighted by Gasteiger charge is 2.31. The minimum atomic E-state index is -4.69. The van der Waals surface area contributed by atoms with Crippen molar-refractivity contribution < 1.29 is 40.7 Å². The number of rotatable bonds is 5. The van der Waals surface area contributed by atoms with E-state index in [1.54, 1.807) is 41.5 Å². The lowest BCUT2D eigenvalue weighted by atomic mass is 10.2. The van der Waals surface area contributed by atoms with Crippen LogP contribution in [-0.4, -0.2) is 37.8 Å². The Labute approximate surface area is 225 Å². The molecule has 2 aromatic carbocycles. The van der Waals surface area contributed by atoms with E-state index in [0.29, 0.717) is 11.6 Å². The quantitative estimate of drug-likeness (QED) is 0.322. The Morgan fingerprint density at radius 1 is 0.897 bits per heavy atom. The molecule has 10 nitrogen and oxygen atoms in total. The van der Waals surface area contributed by atoms with Gasteiger partial charge >= 0.3 is 18.4 Å². The molecule has 2 aromatic rings. The molecule has 0 atom stereocenters. The van der Waals surface area contributed by atoms with Crippen LogP contribution in [0.4, 0.5) is 28.4 Å². The topological polar surface area (TPSA) is 135 Å². The molecule has 3 N–H and O–H groups in total. The highest BCUT2D eigenvalue weighted by Crippen LogP contribution is 2.31. The van der Waals surface area contributed by atoms with Crippen molar-refractivity contribution >= 4 is 33.9 Å². The van der Waals surface area contributed by atoms with Crippen LogP contribution < -0.4 is 15.4 Å². The number of aliphatic imine (C=N–C) groups is 1. The summed E-state index contributed by atoms with van der Waals surface area (Å²) in [4.78, 5) is 27.5. The number of hydrogen-bond acceptors (Lipinski definition) is 6. The molecule has 0 aliphatic heterocycles. The van der Waals surface area contributed by atoms with Crippen molar-refractivity contribution in [1.29, 1.82) is 0 Å². The van der Waals surface area contributed by atoms with Crippen LogP contribution in [0.2, 0.25) is 0 Å². The van der Waals surface area contributed by atoms with Gasteiger partial charge in [0, 0.05) is 12.2 Å². The van der Waals surface area contributed by atoms with Crippen molar-refractivity contribution in [3.8, 4) is 0 Å². The molecule has 2 amide bonds. The number of alkyl carbamates (subject to hydrolysis) is 1. The molecule has 0 unspecified atom stereocenters. The van der Waals surface area contributed by atoms with Gasteiger partial charge in [-0.1, -0.05) is 18.2 Å². The first-order valence-corrected chi connectivity index (χ1v) is 13.1. The van der Waals surface area contributed by atoms with Gasteiger partial charge in [0.25, 0.3) is 10.0 Å². The van der Waals surface area contributed by atoms with E-state index in [9.17, 15) is 31.2 Å². The molecule has 2 rings (SSSR count). The molecule has 14 heteroatoms. The van der Waals surface area contributed by atoms with Crippen molar-refractivity contribution in [2.45, 2.75) is 70.4 Å². The molecule has 0 bridgehead atoms. The fourth-order valence-corrected chi connectivity index (χ4v) is 3.92. The van der Waals surface area contributed by atoms with Gasteiger partial charge in [0.15, 0.2) is 0 Å². The highest BCUT2D eigenvalue weighted by molar-refractivity contribution is 7.92. The summed E-state index contributed by atoms with van der Waals surface area (Å²) in [5, 5.41) is 5.12. The van der Waals surface area contributed by atoms with E-state index in [1.807, 2.05) is 0 Å². The number of hydrogen-bond donors (Lipinski definition) is 3. The average Bonchev–Trinajstić information content (AvgIpc) is 2.75. The van der Waals surface area contributed by atoms with Crippen LogP contribution >= 0.6 is 0 Å². The predicted octanol–water partition coefficient (Wildman–Crippen LogP) is 5.41. The van der Waals surface area contributed by atoms with Gasteiger partial charge in [-0.25, -0.2) is 18.0 Å². The van der Waals surface area contributed by atoms with Crippen LogP contribution in [0.1, 0.15) is 52.7 Å². The molecule has 0 radical (unpaired) electrons. The fourth-order valence-electron chi connectivity index (χ4n) is 2.82. The molecule has 0 saturated carbocycles. The molecule has 0 aromatic heterocycles. The smallest absolute Gasteiger partial charge is 0.437 e. The van der Waals surface area contributed by atoms with Crippen LogP contribution in [0, 0.1) is 0 Å². The third kappa shape index (κ3) is 11.2. The van der Waals surface area contributed by atoms with E-state index in [-0.39, 0.29) is 18.2 Å². The Balaban J connectivity index is 2.13. The number of carbonyl (C=O) groups is 2. The summed E-state index contributed by atoms with van der Waals surface area (Å²) in [5.41, 5.74) is -2.03. The van der Waals surface area contributed by atoms with Gasteiger partial charge in [0.05, 0.1) is 10.5 Å². The monoisotopic (exact) mass is 572 g/mol.